The number of hydrogen-bond donors (Lipinski definition) is 1. The van der Waals surface area contributed by atoms with E-state index in [0.29, 0.717) is 16.5 Å². The molecule has 1 heterocycles. The van der Waals surface area contributed by atoms with Crippen molar-refractivity contribution < 1.29 is 14.0 Å². The molecule has 1 aromatic heterocycles. The Morgan fingerprint density at radius 2 is 2.24 bits per heavy atom. The van der Waals surface area contributed by atoms with Gasteiger partial charge in [0.2, 0.25) is 0 Å². The van der Waals surface area contributed by atoms with Gasteiger partial charge in [0, 0.05) is 4.90 Å². The lowest BCUT2D eigenvalue weighted by atomic mass is 10.3. The largest absolute Gasteiger partial charge is 0.384 e. The molecule has 0 radical (unpaired) electrons. The second-order valence-corrected chi connectivity index (χ2v) is 4.46. The van der Waals surface area contributed by atoms with Gasteiger partial charge in [0.05, 0.1) is 5.75 Å². The Bertz CT molecular complexity index is 502. The number of aromatic nitrogens is 2. The van der Waals surface area contributed by atoms with Crippen LogP contribution in [0.3, 0.4) is 0 Å². The normalized spacial score (nSPS) is 12.6. The number of nitrogens with zero attached hydrogens (tertiary/aromatic N) is 2. The molecule has 0 amide bonds. The standard InChI is InChI=1S/C11H11FN2O2S/c1-7(15)11-13-10(14-16-11)6-17-9-5-3-2-4-8(9)12/h2-5,7,15H,6H2,1H3/t7-/m0/s1. The fourth-order valence-corrected chi connectivity index (χ4v) is 1.98. The first-order valence-electron chi connectivity index (χ1n) is 5.04. The van der Waals surface area contributed by atoms with Crippen molar-refractivity contribution in [1.82, 2.24) is 10.1 Å². The van der Waals surface area contributed by atoms with Gasteiger partial charge in [-0.3, -0.25) is 0 Å². The number of benzene rings is 1. The molecule has 0 bridgehead atoms. The van der Waals surface area contributed by atoms with Gasteiger partial charge in [-0.05, 0) is 19.1 Å². The summed E-state index contributed by atoms with van der Waals surface area (Å²) in [5.41, 5.74) is 0. The van der Waals surface area contributed by atoms with E-state index in [4.69, 9.17) is 4.52 Å². The second kappa shape index (κ2) is 5.29. The predicted molar refractivity (Wildman–Crippen MR) is 60.9 cm³/mol. The first-order chi connectivity index (χ1) is 8.16. The summed E-state index contributed by atoms with van der Waals surface area (Å²) in [5, 5.41) is 12.9. The summed E-state index contributed by atoms with van der Waals surface area (Å²) in [6.45, 7) is 1.54. The number of halogens is 1. The van der Waals surface area contributed by atoms with Crippen molar-refractivity contribution in [3.8, 4) is 0 Å². The summed E-state index contributed by atoms with van der Waals surface area (Å²) < 4.78 is 18.1. The minimum Gasteiger partial charge on any atom is -0.384 e. The second-order valence-electron chi connectivity index (χ2n) is 3.44. The maximum absolute atomic E-state index is 13.3. The molecular formula is C11H11FN2O2S. The van der Waals surface area contributed by atoms with Crippen LogP contribution in [0.1, 0.15) is 24.7 Å². The van der Waals surface area contributed by atoms with E-state index in [1.54, 1.807) is 25.1 Å². The molecule has 0 aliphatic rings. The Morgan fingerprint density at radius 1 is 1.47 bits per heavy atom. The molecule has 1 atom stereocenters. The smallest absolute Gasteiger partial charge is 0.255 e. The number of aliphatic hydroxyl groups is 1. The molecule has 0 fully saturated rings. The SMILES string of the molecule is C[C@H](O)c1nc(CSc2ccccc2F)no1. The molecule has 0 saturated heterocycles. The van der Waals surface area contributed by atoms with E-state index in [-0.39, 0.29) is 11.7 Å². The third-order valence-corrected chi connectivity index (χ3v) is 3.08. The molecule has 2 aromatic rings. The molecular weight excluding hydrogens is 243 g/mol. The van der Waals surface area contributed by atoms with Crippen molar-refractivity contribution >= 4 is 11.8 Å². The average Bonchev–Trinajstić information content (AvgIpc) is 2.77. The highest BCUT2D eigenvalue weighted by atomic mass is 32.2. The van der Waals surface area contributed by atoms with Crippen LogP contribution in [0.5, 0.6) is 0 Å². The van der Waals surface area contributed by atoms with Crippen LogP contribution in [0, 0.1) is 5.82 Å². The molecule has 1 N–H and O–H groups in total. The van der Waals surface area contributed by atoms with Gasteiger partial charge in [-0.25, -0.2) is 4.39 Å². The highest BCUT2D eigenvalue weighted by Crippen LogP contribution is 2.24. The summed E-state index contributed by atoms with van der Waals surface area (Å²) in [6, 6.07) is 6.50. The molecule has 0 saturated carbocycles. The zero-order valence-corrected chi connectivity index (χ0v) is 9.95. The van der Waals surface area contributed by atoms with Crippen LogP contribution in [0.4, 0.5) is 4.39 Å². The van der Waals surface area contributed by atoms with Crippen LogP contribution in [0.15, 0.2) is 33.7 Å². The summed E-state index contributed by atoms with van der Waals surface area (Å²) in [5.74, 6) is 0.747. The van der Waals surface area contributed by atoms with E-state index in [1.807, 2.05) is 0 Å². The molecule has 2 rings (SSSR count). The Kier molecular flexibility index (Phi) is 3.75. The van der Waals surface area contributed by atoms with Crippen molar-refractivity contribution in [1.29, 1.82) is 0 Å². The highest BCUT2D eigenvalue weighted by Gasteiger charge is 2.11. The van der Waals surface area contributed by atoms with Gasteiger partial charge in [-0.1, -0.05) is 17.3 Å². The van der Waals surface area contributed by atoms with E-state index >= 15 is 0 Å². The van der Waals surface area contributed by atoms with E-state index in [0.717, 1.165) is 0 Å². The summed E-state index contributed by atoms with van der Waals surface area (Å²) in [6.07, 6.45) is -0.783. The zero-order chi connectivity index (χ0) is 12.3. The van der Waals surface area contributed by atoms with Crippen molar-refractivity contribution in [3.63, 3.8) is 0 Å². The Morgan fingerprint density at radius 3 is 2.88 bits per heavy atom. The third-order valence-electron chi connectivity index (χ3n) is 2.03. The van der Waals surface area contributed by atoms with Gasteiger partial charge in [0.25, 0.3) is 5.89 Å². The third kappa shape index (κ3) is 3.04. The van der Waals surface area contributed by atoms with Crippen LogP contribution in [-0.4, -0.2) is 15.2 Å². The molecule has 6 heteroatoms. The Labute approximate surface area is 102 Å². The quantitative estimate of drug-likeness (QED) is 0.850. The van der Waals surface area contributed by atoms with Crippen LogP contribution < -0.4 is 0 Å². The lowest BCUT2D eigenvalue weighted by Crippen LogP contribution is -1.91. The molecule has 0 spiro atoms. The summed E-state index contributed by atoms with van der Waals surface area (Å²) >= 11 is 1.28. The number of aliphatic hydroxyl groups excluding tert-OH is 1. The summed E-state index contributed by atoms with van der Waals surface area (Å²) in [7, 11) is 0. The van der Waals surface area contributed by atoms with Gasteiger partial charge in [-0.15, -0.1) is 11.8 Å². The van der Waals surface area contributed by atoms with Crippen LogP contribution >= 0.6 is 11.8 Å². The number of rotatable bonds is 4. The number of hydrogen-bond acceptors (Lipinski definition) is 5. The van der Waals surface area contributed by atoms with Gasteiger partial charge in [0.1, 0.15) is 11.9 Å². The van der Waals surface area contributed by atoms with Gasteiger partial charge >= 0.3 is 0 Å². The fourth-order valence-electron chi connectivity index (χ4n) is 1.20. The van der Waals surface area contributed by atoms with Crippen molar-refractivity contribution in [2.75, 3.05) is 0 Å². The van der Waals surface area contributed by atoms with E-state index in [1.165, 1.54) is 17.8 Å². The molecule has 0 aliphatic heterocycles. The maximum Gasteiger partial charge on any atom is 0.255 e. The molecule has 17 heavy (non-hydrogen) atoms. The Hall–Kier alpha value is -1.40. The van der Waals surface area contributed by atoms with Crippen molar-refractivity contribution in [2.45, 2.75) is 23.7 Å². The monoisotopic (exact) mass is 254 g/mol. The van der Waals surface area contributed by atoms with Gasteiger partial charge in [0.15, 0.2) is 5.82 Å². The van der Waals surface area contributed by atoms with E-state index < -0.39 is 6.10 Å². The first kappa shape index (κ1) is 12.1. The molecule has 90 valence electrons. The number of thioether (sulfide) groups is 1. The molecule has 1 aromatic carbocycles. The highest BCUT2D eigenvalue weighted by molar-refractivity contribution is 7.98. The lowest BCUT2D eigenvalue weighted by Gasteiger charge is -1.99. The molecule has 4 nitrogen and oxygen atoms in total. The van der Waals surface area contributed by atoms with E-state index in [9.17, 15) is 9.50 Å². The predicted octanol–water partition coefficient (Wildman–Crippen LogP) is 2.55. The Balaban J connectivity index is 2.00. The van der Waals surface area contributed by atoms with Crippen molar-refractivity contribution in [3.05, 3.63) is 41.8 Å². The minimum absolute atomic E-state index is 0.175. The maximum atomic E-state index is 13.3. The van der Waals surface area contributed by atoms with Crippen molar-refractivity contribution in [2.24, 2.45) is 0 Å². The average molecular weight is 254 g/mol. The first-order valence-corrected chi connectivity index (χ1v) is 6.03. The van der Waals surface area contributed by atoms with Crippen LogP contribution in [0.2, 0.25) is 0 Å². The fraction of sp³-hybridized carbons (Fsp3) is 0.273. The van der Waals surface area contributed by atoms with Gasteiger partial charge in [-0.2, -0.15) is 4.98 Å². The van der Waals surface area contributed by atoms with Gasteiger partial charge < -0.3 is 9.63 Å². The topological polar surface area (TPSA) is 59.2 Å². The zero-order valence-electron chi connectivity index (χ0n) is 9.13. The van der Waals surface area contributed by atoms with Crippen LogP contribution in [0.25, 0.3) is 0 Å². The molecule has 0 aliphatic carbocycles. The van der Waals surface area contributed by atoms with E-state index in [2.05, 4.69) is 10.1 Å². The summed E-state index contributed by atoms with van der Waals surface area (Å²) in [4.78, 5) is 4.52. The lowest BCUT2D eigenvalue weighted by molar-refractivity contribution is 0.151. The van der Waals surface area contributed by atoms with Crippen LogP contribution in [-0.2, 0) is 5.75 Å². The molecule has 0 unspecified atom stereocenters. The minimum atomic E-state index is -0.783.